The maximum Gasteiger partial charge on any atom is 0.121 e. The molecule has 1 rings (SSSR count). The van der Waals surface area contributed by atoms with Crippen molar-refractivity contribution in [3.8, 4) is 5.75 Å². The van der Waals surface area contributed by atoms with Gasteiger partial charge in [-0.2, -0.15) is 6.08 Å². The molecule has 0 aliphatic heterocycles. The van der Waals surface area contributed by atoms with Crippen LogP contribution in [0.25, 0.3) is 6.08 Å². The van der Waals surface area contributed by atoms with E-state index in [1.807, 2.05) is 6.20 Å². The molecule has 0 unspecified atom stereocenters. The third kappa shape index (κ3) is 2.85. The Morgan fingerprint density at radius 2 is 2.36 bits per heavy atom. The summed E-state index contributed by atoms with van der Waals surface area (Å²) in [5.41, 5.74) is 0.610. The van der Waals surface area contributed by atoms with Crippen molar-refractivity contribution in [2.45, 2.75) is 0 Å². The van der Waals surface area contributed by atoms with E-state index in [1.54, 1.807) is 18.2 Å². The number of rotatable bonds is 3. The largest absolute Gasteiger partial charge is 0.515 e. The van der Waals surface area contributed by atoms with Crippen molar-refractivity contribution < 1.29 is 9.66 Å². The molecular formula is C9H7BrNO3-. The Bertz CT molecular complexity index is 376. The number of hydrogen-bond donors (Lipinski definition) is 0. The maximum absolute atomic E-state index is 10.1. The van der Waals surface area contributed by atoms with E-state index < -0.39 is 4.92 Å². The number of benzene rings is 1. The minimum Gasteiger partial charge on any atom is -0.515 e. The highest BCUT2D eigenvalue weighted by Gasteiger charge is 1.92. The summed E-state index contributed by atoms with van der Waals surface area (Å²) in [6.07, 6.45) is 3.23. The van der Waals surface area contributed by atoms with Gasteiger partial charge in [-0.3, -0.25) is 10.1 Å². The van der Waals surface area contributed by atoms with Crippen LogP contribution in [0.4, 0.5) is 0 Å². The number of methoxy groups -OCH3 is 1. The van der Waals surface area contributed by atoms with E-state index in [2.05, 4.69) is 15.9 Å². The monoisotopic (exact) mass is 256 g/mol. The third-order valence-electron chi connectivity index (χ3n) is 1.52. The zero-order valence-electron chi connectivity index (χ0n) is 7.36. The zero-order valence-corrected chi connectivity index (χ0v) is 8.95. The molecule has 0 saturated heterocycles. The SMILES string of the molecule is COc1ccc(Br)cc1C=[C-][N+](=O)[O-]. The molecule has 0 heterocycles. The Balaban J connectivity index is 3.04. The van der Waals surface area contributed by atoms with Gasteiger partial charge < -0.3 is 4.74 Å². The normalized spacial score (nSPS) is 10.4. The second kappa shape index (κ2) is 4.76. The van der Waals surface area contributed by atoms with Crippen molar-refractivity contribution >= 4 is 22.0 Å². The molecule has 1 aromatic carbocycles. The van der Waals surface area contributed by atoms with Crippen LogP contribution in [0.3, 0.4) is 0 Å². The van der Waals surface area contributed by atoms with Gasteiger partial charge in [0.25, 0.3) is 0 Å². The highest BCUT2D eigenvalue weighted by Crippen LogP contribution is 2.23. The van der Waals surface area contributed by atoms with Crippen LogP contribution in [0.2, 0.25) is 0 Å². The third-order valence-corrected chi connectivity index (χ3v) is 2.01. The van der Waals surface area contributed by atoms with Gasteiger partial charge in [-0.05, 0) is 17.1 Å². The summed E-state index contributed by atoms with van der Waals surface area (Å²) in [6, 6.07) is 5.23. The quantitative estimate of drug-likeness (QED) is 0.362. The van der Waals surface area contributed by atoms with E-state index in [0.29, 0.717) is 11.3 Å². The van der Waals surface area contributed by atoms with E-state index >= 15 is 0 Å². The van der Waals surface area contributed by atoms with Gasteiger partial charge >= 0.3 is 0 Å². The Kier molecular flexibility index (Phi) is 3.64. The molecule has 0 aromatic heterocycles. The highest BCUT2D eigenvalue weighted by atomic mass is 79.9. The second-order valence-electron chi connectivity index (χ2n) is 2.42. The fraction of sp³-hybridized carbons (Fsp3) is 0.111. The summed E-state index contributed by atoms with van der Waals surface area (Å²) in [6.45, 7) is 0. The maximum atomic E-state index is 10.1. The molecule has 0 saturated carbocycles. The number of hydrogen-bond acceptors (Lipinski definition) is 3. The molecule has 14 heavy (non-hydrogen) atoms. The van der Waals surface area contributed by atoms with Gasteiger partial charge in [0.1, 0.15) is 6.20 Å². The summed E-state index contributed by atoms with van der Waals surface area (Å²) in [5, 5.41) is 10.1. The lowest BCUT2D eigenvalue weighted by atomic mass is 10.2. The van der Waals surface area contributed by atoms with Crippen LogP contribution in [-0.4, -0.2) is 12.0 Å². The van der Waals surface area contributed by atoms with E-state index in [1.165, 1.54) is 13.2 Å². The topological polar surface area (TPSA) is 52.4 Å². The molecule has 5 heteroatoms. The number of nitro groups is 1. The first-order valence-corrected chi connectivity index (χ1v) is 4.50. The molecule has 0 bridgehead atoms. The summed E-state index contributed by atoms with van der Waals surface area (Å²) in [4.78, 5) is 9.43. The standard InChI is InChI=1S/C9H7BrNO3/c1-14-9-3-2-8(10)6-7(9)4-5-11(12)13/h2-4,6H,1H3/q-1. The molecule has 0 fully saturated rings. The lowest BCUT2D eigenvalue weighted by Gasteiger charge is -2.10. The molecule has 4 nitrogen and oxygen atoms in total. The fourth-order valence-corrected chi connectivity index (χ4v) is 1.32. The van der Waals surface area contributed by atoms with Gasteiger partial charge in [-0.25, -0.2) is 0 Å². The van der Waals surface area contributed by atoms with Gasteiger partial charge in [0, 0.05) is 10.2 Å². The molecular weight excluding hydrogens is 250 g/mol. The van der Waals surface area contributed by atoms with Crippen molar-refractivity contribution in [1.29, 1.82) is 0 Å². The van der Waals surface area contributed by atoms with Crippen molar-refractivity contribution in [3.05, 3.63) is 44.5 Å². The molecule has 0 aliphatic rings. The fourth-order valence-electron chi connectivity index (χ4n) is 0.940. The Hall–Kier alpha value is -1.36. The lowest BCUT2D eigenvalue weighted by Crippen LogP contribution is -1.88. The van der Waals surface area contributed by atoms with Gasteiger partial charge in [-0.15, -0.1) is 11.6 Å². The van der Waals surface area contributed by atoms with Gasteiger partial charge in [-0.1, -0.05) is 15.9 Å². The van der Waals surface area contributed by atoms with E-state index in [9.17, 15) is 10.1 Å². The van der Waals surface area contributed by atoms with E-state index in [4.69, 9.17) is 4.74 Å². The summed E-state index contributed by atoms with van der Waals surface area (Å²) < 4.78 is 5.85. The Morgan fingerprint density at radius 3 is 2.93 bits per heavy atom. The summed E-state index contributed by atoms with van der Waals surface area (Å²) in [7, 11) is 1.51. The number of nitrogens with zero attached hydrogens (tertiary/aromatic N) is 1. The molecule has 0 amide bonds. The van der Waals surface area contributed by atoms with Crippen LogP contribution in [0.5, 0.6) is 5.75 Å². The van der Waals surface area contributed by atoms with Crippen LogP contribution < -0.4 is 4.74 Å². The number of ether oxygens (including phenoxy) is 1. The molecule has 0 atom stereocenters. The highest BCUT2D eigenvalue weighted by molar-refractivity contribution is 9.10. The minimum atomic E-state index is -0.639. The number of halogens is 1. The molecule has 1 aromatic rings. The van der Waals surface area contributed by atoms with Gasteiger partial charge in [0.15, 0.2) is 0 Å². The van der Waals surface area contributed by atoms with Crippen molar-refractivity contribution in [2.24, 2.45) is 0 Å². The second-order valence-corrected chi connectivity index (χ2v) is 3.33. The Morgan fingerprint density at radius 1 is 1.64 bits per heavy atom. The van der Waals surface area contributed by atoms with Crippen LogP contribution in [0, 0.1) is 16.3 Å². The predicted octanol–water partition coefficient (Wildman–Crippen LogP) is 2.51. The predicted molar refractivity (Wildman–Crippen MR) is 55.4 cm³/mol. The molecule has 0 aliphatic carbocycles. The minimum absolute atomic E-state index is 0.572. The summed E-state index contributed by atoms with van der Waals surface area (Å²) >= 11 is 3.26. The average Bonchev–Trinajstić information content (AvgIpc) is 2.15. The Labute approximate surface area is 89.5 Å². The molecule has 0 spiro atoms. The van der Waals surface area contributed by atoms with E-state index in [-0.39, 0.29) is 0 Å². The molecule has 74 valence electrons. The average molecular weight is 257 g/mol. The zero-order chi connectivity index (χ0) is 10.6. The molecule has 0 N–H and O–H groups in total. The molecule has 0 radical (unpaired) electrons. The first kappa shape index (κ1) is 10.7. The first-order valence-electron chi connectivity index (χ1n) is 3.71. The summed E-state index contributed by atoms with van der Waals surface area (Å²) in [5.74, 6) is 0.572. The van der Waals surface area contributed by atoms with Crippen molar-refractivity contribution in [2.75, 3.05) is 7.11 Å². The van der Waals surface area contributed by atoms with Crippen LogP contribution in [-0.2, 0) is 0 Å². The van der Waals surface area contributed by atoms with Gasteiger partial charge in [0.2, 0.25) is 0 Å². The van der Waals surface area contributed by atoms with Gasteiger partial charge in [0.05, 0.1) is 7.11 Å². The smallest absolute Gasteiger partial charge is 0.121 e. The van der Waals surface area contributed by atoms with Crippen LogP contribution in [0.15, 0.2) is 22.7 Å². The lowest BCUT2D eigenvalue weighted by molar-refractivity contribution is -0.417. The van der Waals surface area contributed by atoms with Crippen molar-refractivity contribution in [3.63, 3.8) is 0 Å². The van der Waals surface area contributed by atoms with Crippen LogP contribution in [0.1, 0.15) is 5.56 Å². The van der Waals surface area contributed by atoms with Crippen LogP contribution >= 0.6 is 15.9 Å². The first-order chi connectivity index (χ1) is 6.63. The van der Waals surface area contributed by atoms with E-state index in [0.717, 1.165) is 4.47 Å². The van der Waals surface area contributed by atoms with Crippen molar-refractivity contribution in [1.82, 2.24) is 0 Å².